The van der Waals surface area contributed by atoms with Gasteiger partial charge >= 0.3 is 5.97 Å². The smallest absolute Gasteiger partial charge is 0.337 e. The first-order chi connectivity index (χ1) is 15.1. The SMILES string of the molecule is COC(=O)c1ccc(COc2cccc(-c3ccc(OCC4CCC4)nc3)c2)c(F)c1. The molecule has 0 bridgehead atoms. The van der Waals surface area contributed by atoms with E-state index in [0.29, 0.717) is 23.1 Å². The maximum Gasteiger partial charge on any atom is 0.337 e. The summed E-state index contributed by atoms with van der Waals surface area (Å²) < 4.78 is 30.4. The molecular formula is C25H24FNO4. The number of rotatable bonds is 8. The second-order valence-electron chi connectivity index (χ2n) is 7.61. The Bertz CT molecular complexity index is 1050. The van der Waals surface area contributed by atoms with Crippen LogP contribution in [0.3, 0.4) is 0 Å². The molecule has 5 nitrogen and oxygen atoms in total. The molecule has 160 valence electrons. The molecule has 0 aliphatic heterocycles. The van der Waals surface area contributed by atoms with E-state index in [-0.39, 0.29) is 12.2 Å². The fraction of sp³-hybridized carbons (Fsp3) is 0.280. The van der Waals surface area contributed by atoms with Crippen LogP contribution in [0.25, 0.3) is 11.1 Å². The minimum atomic E-state index is -0.577. The van der Waals surface area contributed by atoms with Crippen LogP contribution in [0.4, 0.5) is 4.39 Å². The molecule has 4 rings (SSSR count). The van der Waals surface area contributed by atoms with E-state index < -0.39 is 11.8 Å². The monoisotopic (exact) mass is 421 g/mol. The van der Waals surface area contributed by atoms with Gasteiger partial charge in [0.1, 0.15) is 18.2 Å². The zero-order valence-electron chi connectivity index (χ0n) is 17.3. The maximum absolute atomic E-state index is 14.3. The van der Waals surface area contributed by atoms with Crippen LogP contribution in [-0.4, -0.2) is 24.7 Å². The second-order valence-corrected chi connectivity index (χ2v) is 7.61. The van der Waals surface area contributed by atoms with Gasteiger partial charge in [0.2, 0.25) is 5.88 Å². The topological polar surface area (TPSA) is 57.7 Å². The van der Waals surface area contributed by atoms with Crippen molar-refractivity contribution in [3.8, 4) is 22.8 Å². The second kappa shape index (κ2) is 9.60. The number of carbonyl (C=O) groups excluding carboxylic acids is 1. The first-order valence-electron chi connectivity index (χ1n) is 10.3. The van der Waals surface area contributed by atoms with Crippen LogP contribution in [0.15, 0.2) is 60.8 Å². The summed E-state index contributed by atoms with van der Waals surface area (Å²) in [6.07, 6.45) is 5.55. The number of pyridine rings is 1. The van der Waals surface area contributed by atoms with Gasteiger partial charge in [-0.05, 0) is 54.7 Å². The van der Waals surface area contributed by atoms with Gasteiger partial charge in [-0.1, -0.05) is 24.6 Å². The highest BCUT2D eigenvalue weighted by Crippen LogP contribution is 2.28. The van der Waals surface area contributed by atoms with Gasteiger partial charge in [-0.3, -0.25) is 0 Å². The third-order valence-corrected chi connectivity index (χ3v) is 5.46. The molecule has 1 aromatic heterocycles. The lowest BCUT2D eigenvalue weighted by atomic mass is 9.86. The van der Waals surface area contributed by atoms with Gasteiger partial charge in [0.05, 0.1) is 19.3 Å². The zero-order chi connectivity index (χ0) is 21.6. The summed E-state index contributed by atoms with van der Waals surface area (Å²) in [5, 5.41) is 0. The third kappa shape index (κ3) is 5.20. The molecule has 1 fully saturated rings. The van der Waals surface area contributed by atoms with Crippen LogP contribution in [0.1, 0.15) is 35.2 Å². The summed E-state index contributed by atoms with van der Waals surface area (Å²) >= 11 is 0. The van der Waals surface area contributed by atoms with Crippen LogP contribution in [0.2, 0.25) is 0 Å². The van der Waals surface area contributed by atoms with Crippen LogP contribution >= 0.6 is 0 Å². The number of aromatic nitrogens is 1. The van der Waals surface area contributed by atoms with Crippen LogP contribution in [0.5, 0.6) is 11.6 Å². The Hall–Kier alpha value is -3.41. The number of esters is 1. The van der Waals surface area contributed by atoms with Crippen molar-refractivity contribution in [3.63, 3.8) is 0 Å². The highest BCUT2D eigenvalue weighted by Gasteiger charge is 2.18. The largest absolute Gasteiger partial charge is 0.489 e. The van der Waals surface area contributed by atoms with Crippen molar-refractivity contribution in [3.05, 3.63) is 77.7 Å². The summed E-state index contributed by atoms with van der Waals surface area (Å²) in [4.78, 5) is 15.9. The van der Waals surface area contributed by atoms with Crippen molar-refractivity contribution in [1.29, 1.82) is 0 Å². The lowest BCUT2D eigenvalue weighted by Crippen LogP contribution is -2.19. The average Bonchev–Trinajstić information content (AvgIpc) is 2.77. The molecule has 1 heterocycles. The number of nitrogens with zero attached hydrogens (tertiary/aromatic N) is 1. The fourth-order valence-electron chi connectivity index (χ4n) is 3.33. The molecule has 0 spiro atoms. The predicted octanol–water partition coefficient (Wildman–Crippen LogP) is 5.43. The summed E-state index contributed by atoms with van der Waals surface area (Å²) in [6, 6.07) is 15.6. The van der Waals surface area contributed by atoms with E-state index in [1.807, 2.05) is 36.4 Å². The van der Waals surface area contributed by atoms with Crippen molar-refractivity contribution in [1.82, 2.24) is 4.98 Å². The number of ether oxygens (including phenoxy) is 3. The van der Waals surface area contributed by atoms with Gasteiger partial charge in [-0.25, -0.2) is 14.2 Å². The zero-order valence-corrected chi connectivity index (χ0v) is 17.3. The Morgan fingerprint density at radius 1 is 1.06 bits per heavy atom. The molecule has 1 aliphatic rings. The van der Waals surface area contributed by atoms with Crippen LogP contribution in [-0.2, 0) is 11.3 Å². The summed E-state index contributed by atoms with van der Waals surface area (Å²) in [7, 11) is 1.26. The molecule has 3 aromatic rings. The maximum atomic E-state index is 14.3. The molecule has 0 radical (unpaired) electrons. The molecule has 0 N–H and O–H groups in total. The number of hydrogen-bond acceptors (Lipinski definition) is 5. The van der Waals surface area contributed by atoms with Crippen molar-refractivity contribution in [2.24, 2.45) is 5.92 Å². The van der Waals surface area contributed by atoms with Gasteiger partial charge in [0.25, 0.3) is 0 Å². The summed E-state index contributed by atoms with van der Waals surface area (Å²) in [5.74, 6) is 0.817. The van der Waals surface area contributed by atoms with Crippen molar-refractivity contribution in [2.75, 3.05) is 13.7 Å². The molecular weight excluding hydrogens is 397 g/mol. The van der Waals surface area contributed by atoms with E-state index in [2.05, 4.69) is 9.72 Å². The highest BCUT2D eigenvalue weighted by atomic mass is 19.1. The molecule has 1 saturated carbocycles. The van der Waals surface area contributed by atoms with Crippen LogP contribution < -0.4 is 9.47 Å². The van der Waals surface area contributed by atoms with E-state index in [9.17, 15) is 9.18 Å². The molecule has 0 amide bonds. The Labute approximate surface area is 180 Å². The molecule has 31 heavy (non-hydrogen) atoms. The van der Waals surface area contributed by atoms with E-state index in [4.69, 9.17) is 9.47 Å². The minimum Gasteiger partial charge on any atom is -0.489 e. The van der Waals surface area contributed by atoms with E-state index in [1.165, 1.54) is 38.5 Å². The number of carbonyl (C=O) groups is 1. The van der Waals surface area contributed by atoms with E-state index in [1.54, 1.807) is 6.20 Å². The summed E-state index contributed by atoms with van der Waals surface area (Å²) in [5.41, 5.74) is 2.40. The first kappa shape index (κ1) is 20.8. The first-order valence-corrected chi connectivity index (χ1v) is 10.3. The van der Waals surface area contributed by atoms with E-state index >= 15 is 0 Å². The average molecular weight is 421 g/mol. The van der Waals surface area contributed by atoms with Crippen molar-refractivity contribution < 1.29 is 23.4 Å². The van der Waals surface area contributed by atoms with Gasteiger partial charge in [0.15, 0.2) is 0 Å². The van der Waals surface area contributed by atoms with Crippen molar-refractivity contribution >= 4 is 5.97 Å². The quantitative estimate of drug-likeness (QED) is 0.454. The predicted molar refractivity (Wildman–Crippen MR) is 115 cm³/mol. The Morgan fingerprint density at radius 2 is 1.94 bits per heavy atom. The van der Waals surface area contributed by atoms with E-state index in [0.717, 1.165) is 23.8 Å². The van der Waals surface area contributed by atoms with Gasteiger partial charge in [-0.2, -0.15) is 0 Å². The standard InChI is InChI=1S/C25H24FNO4/c1-29-25(28)19-8-9-21(23(26)13-19)16-30-22-7-3-6-18(12-22)20-10-11-24(27-14-20)31-15-17-4-2-5-17/h3,6-14,17H,2,4-5,15-16H2,1H3. The Morgan fingerprint density at radius 3 is 2.61 bits per heavy atom. The molecule has 1 aliphatic carbocycles. The third-order valence-electron chi connectivity index (χ3n) is 5.46. The summed E-state index contributed by atoms with van der Waals surface area (Å²) in [6.45, 7) is 0.774. The molecule has 0 saturated heterocycles. The fourth-order valence-corrected chi connectivity index (χ4v) is 3.33. The number of hydrogen-bond donors (Lipinski definition) is 0. The lowest BCUT2D eigenvalue weighted by molar-refractivity contribution is 0.0600. The number of benzene rings is 2. The van der Waals surface area contributed by atoms with Crippen molar-refractivity contribution in [2.45, 2.75) is 25.9 Å². The number of methoxy groups -OCH3 is 1. The van der Waals surface area contributed by atoms with Gasteiger partial charge in [-0.15, -0.1) is 0 Å². The lowest BCUT2D eigenvalue weighted by Gasteiger charge is -2.24. The van der Waals surface area contributed by atoms with Crippen LogP contribution in [0, 0.1) is 11.7 Å². The highest BCUT2D eigenvalue weighted by molar-refractivity contribution is 5.89. The molecule has 0 atom stereocenters. The molecule has 2 aromatic carbocycles. The molecule has 0 unspecified atom stereocenters. The van der Waals surface area contributed by atoms with Gasteiger partial charge < -0.3 is 14.2 Å². The normalized spacial score (nSPS) is 13.4. The Kier molecular flexibility index (Phi) is 6.46. The minimum absolute atomic E-state index is 0.0446. The molecule has 6 heteroatoms. The number of halogens is 1. The Balaban J connectivity index is 1.38. The van der Waals surface area contributed by atoms with Gasteiger partial charge in [0, 0.05) is 23.4 Å².